The first kappa shape index (κ1) is 13.9. The smallest absolute Gasteiger partial charge is 0.404 e. The summed E-state index contributed by atoms with van der Waals surface area (Å²) in [6.45, 7) is 0.428. The van der Waals surface area contributed by atoms with Gasteiger partial charge in [0.2, 0.25) is 0 Å². The van der Waals surface area contributed by atoms with Gasteiger partial charge in [-0.05, 0) is 35.2 Å². The first-order valence-electron chi connectivity index (χ1n) is 6.39. The van der Waals surface area contributed by atoms with Crippen molar-refractivity contribution >= 4 is 6.09 Å². The maximum Gasteiger partial charge on any atom is 0.404 e. The van der Waals surface area contributed by atoms with E-state index in [-0.39, 0.29) is 0 Å². The van der Waals surface area contributed by atoms with E-state index in [0.29, 0.717) is 13.0 Å². The van der Waals surface area contributed by atoms with E-state index in [4.69, 9.17) is 9.84 Å². The van der Waals surface area contributed by atoms with Crippen LogP contribution in [-0.2, 0) is 6.42 Å². The van der Waals surface area contributed by atoms with E-state index in [1.54, 1.807) is 7.11 Å². The number of hydrogen-bond donors (Lipinski definition) is 2. The third-order valence-electron chi connectivity index (χ3n) is 3.07. The zero-order valence-electron chi connectivity index (χ0n) is 11.3. The lowest BCUT2D eigenvalue weighted by Gasteiger charge is -2.06. The van der Waals surface area contributed by atoms with Crippen LogP contribution in [0.4, 0.5) is 4.79 Å². The van der Waals surface area contributed by atoms with Crippen molar-refractivity contribution in [2.45, 2.75) is 6.42 Å². The maximum absolute atomic E-state index is 10.4. The monoisotopic (exact) mass is 271 g/mol. The van der Waals surface area contributed by atoms with Gasteiger partial charge in [-0.3, -0.25) is 0 Å². The van der Waals surface area contributed by atoms with Crippen LogP contribution in [0.3, 0.4) is 0 Å². The van der Waals surface area contributed by atoms with Gasteiger partial charge in [0.1, 0.15) is 5.75 Å². The SMILES string of the molecule is COc1ccc(-c2ccc(CCNC(=O)O)cc2)cc1. The van der Waals surface area contributed by atoms with Gasteiger partial charge in [-0.25, -0.2) is 4.79 Å². The van der Waals surface area contributed by atoms with Gasteiger partial charge in [-0.2, -0.15) is 0 Å². The van der Waals surface area contributed by atoms with Crippen molar-refractivity contribution in [2.75, 3.05) is 13.7 Å². The number of rotatable bonds is 5. The summed E-state index contributed by atoms with van der Waals surface area (Å²) in [5.74, 6) is 0.838. The fourth-order valence-electron chi connectivity index (χ4n) is 1.96. The summed E-state index contributed by atoms with van der Waals surface area (Å²) in [7, 11) is 1.65. The Balaban J connectivity index is 2.01. The predicted octanol–water partition coefficient (Wildman–Crippen LogP) is 3.17. The third-order valence-corrected chi connectivity index (χ3v) is 3.07. The average Bonchev–Trinajstić information content (AvgIpc) is 2.48. The summed E-state index contributed by atoms with van der Waals surface area (Å²) < 4.78 is 5.13. The molecule has 0 aliphatic carbocycles. The highest BCUT2D eigenvalue weighted by Gasteiger charge is 2.00. The molecule has 2 N–H and O–H groups in total. The number of hydrogen-bond acceptors (Lipinski definition) is 2. The lowest BCUT2D eigenvalue weighted by atomic mass is 10.0. The van der Waals surface area contributed by atoms with E-state index in [2.05, 4.69) is 5.32 Å². The molecule has 0 heterocycles. The Morgan fingerprint density at radius 2 is 1.60 bits per heavy atom. The van der Waals surface area contributed by atoms with Gasteiger partial charge in [0, 0.05) is 6.54 Å². The molecule has 0 saturated carbocycles. The van der Waals surface area contributed by atoms with E-state index < -0.39 is 6.09 Å². The zero-order valence-corrected chi connectivity index (χ0v) is 11.3. The van der Waals surface area contributed by atoms with E-state index in [1.807, 2.05) is 48.5 Å². The number of nitrogens with one attached hydrogen (secondary N) is 1. The van der Waals surface area contributed by atoms with Crippen molar-refractivity contribution in [3.05, 3.63) is 54.1 Å². The third kappa shape index (κ3) is 3.75. The van der Waals surface area contributed by atoms with Crippen molar-refractivity contribution in [3.8, 4) is 16.9 Å². The Hall–Kier alpha value is -2.49. The molecule has 2 aromatic rings. The summed E-state index contributed by atoms with van der Waals surface area (Å²) in [5, 5.41) is 10.9. The second kappa shape index (κ2) is 6.61. The highest BCUT2D eigenvalue weighted by Crippen LogP contribution is 2.22. The van der Waals surface area contributed by atoms with Crippen LogP contribution in [0.15, 0.2) is 48.5 Å². The number of ether oxygens (including phenoxy) is 1. The zero-order chi connectivity index (χ0) is 14.4. The van der Waals surface area contributed by atoms with Gasteiger partial charge in [0.05, 0.1) is 7.11 Å². The minimum absolute atomic E-state index is 0.428. The molecular formula is C16H17NO3. The minimum Gasteiger partial charge on any atom is -0.497 e. The highest BCUT2D eigenvalue weighted by molar-refractivity contribution is 5.65. The van der Waals surface area contributed by atoms with Gasteiger partial charge in [-0.15, -0.1) is 0 Å². The second-order valence-corrected chi connectivity index (χ2v) is 4.41. The fraction of sp³-hybridized carbons (Fsp3) is 0.188. The molecule has 4 nitrogen and oxygen atoms in total. The van der Waals surface area contributed by atoms with Crippen LogP contribution in [0, 0.1) is 0 Å². The van der Waals surface area contributed by atoms with E-state index in [9.17, 15) is 4.79 Å². The van der Waals surface area contributed by atoms with Crippen molar-refractivity contribution in [1.29, 1.82) is 0 Å². The Labute approximate surface area is 118 Å². The number of benzene rings is 2. The van der Waals surface area contributed by atoms with E-state index in [1.165, 1.54) is 0 Å². The standard InChI is InChI=1S/C16H17NO3/c1-20-15-8-6-14(7-9-15)13-4-2-12(3-5-13)10-11-17-16(18)19/h2-9,17H,10-11H2,1H3,(H,18,19). The van der Waals surface area contributed by atoms with Crippen molar-refractivity contribution in [1.82, 2.24) is 5.32 Å². The molecule has 0 atom stereocenters. The van der Waals surface area contributed by atoms with Gasteiger partial charge < -0.3 is 15.2 Å². The fourth-order valence-corrected chi connectivity index (χ4v) is 1.96. The molecular weight excluding hydrogens is 254 g/mol. The molecule has 0 aliphatic rings. The van der Waals surface area contributed by atoms with Gasteiger partial charge >= 0.3 is 6.09 Å². The Morgan fingerprint density at radius 3 is 2.10 bits per heavy atom. The van der Waals surface area contributed by atoms with Gasteiger partial charge in [-0.1, -0.05) is 36.4 Å². The predicted molar refractivity (Wildman–Crippen MR) is 78.2 cm³/mol. The molecule has 104 valence electrons. The molecule has 0 aromatic heterocycles. The molecule has 0 fully saturated rings. The molecule has 0 radical (unpaired) electrons. The number of amides is 1. The normalized spacial score (nSPS) is 10.1. The first-order valence-corrected chi connectivity index (χ1v) is 6.39. The van der Waals surface area contributed by atoms with Gasteiger partial charge in [0.25, 0.3) is 0 Å². The number of carboxylic acid groups (broad SMARTS) is 1. The highest BCUT2D eigenvalue weighted by atomic mass is 16.5. The molecule has 2 aromatic carbocycles. The summed E-state index contributed by atoms with van der Waals surface area (Å²) >= 11 is 0. The van der Waals surface area contributed by atoms with Gasteiger partial charge in [0.15, 0.2) is 0 Å². The minimum atomic E-state index is -0.986. The largest absolute Gasteiger partial charge is 0.497 e. The molecule has 0 unspecified atom stereocenters. The molecule has 4 heteroatoms. The molecule has 0 aliphatic heterocycles. The first-order chi connectivity index (χ1) is 9.69. The van der Waals surface area contributed by atoms with Crippen LogP contribution in [0.2, 0.25) is 0 Å². The van der Waals surface area contributed by atoms with Crippen LogP contribution in [-0.4, -0.2) is 24.9 Å². The van der Waals surface area contributed by atoms with Crippen molar-refractivity contribution in [3.63, 3.8) is 0 Å². The average molecular weight is 271 g/mol. The van der Waals surface area contributed by atoms with Crippen LogP contribution in [0.5, 0.6) is 5.75 Å². The summed E-state index contributed by atoms with van der Waals surface area (Å²) in [5.41, 5.74) is 3.36. The Morgan fingerprint density at radius 1 is 1.05 bits per heavy atom. The summed E-state index contributed by atoms with van der Waals surface area (Å²) in [6, 6.07) is 16.0. The molecule has 0 bridgehead atoms. The topological polar surface area (TPSA) is 58.6 Å². The van der Waals surface area contributed by atoms with E-state index in [0.717, 1.165) is 22.4 Å². The molecule has 0 saturated heterocycles. The number of carbonyl (C=O) groups is 1. The van der Waals surface area contributed by atoms with Crippen LogP contribution < -0.4 is 10.1 Å². The lowest BCUT2D eigenvalue weighted by molar-refractivity contribution is 0.194. The Bertz CT molecular complexity index is 561. The lowest BCUT2D eigenvalue weighted by Crippen LogP contribution is -2.23. The van der Waals surface area contributed by atoms with Crippen LogP contribution in [0.1, 0.15) is 5.56 Å². The molecule has 2 rings (SSSR count). The maximum atomic E-state index is 10.4. The van der Waals surface area contributed by atoms with Crippen LogP contribution in [0.25, 0.3) is 11.1 Å². The van der Waals surface area contributed by atoms with Crippen molar-refractivity contribution in [2.24, 2.45) is 0 Å². The molecule has 20 heavy (non-hydrogen) atoms. The van der Waals surface area contributed by atoms with Crippen molar-refractivity contribution < 1.29 is 14.6 Å². The van der Waals surface area contributed by atoms with Crippen LogP contribution >= 0.6 is 0 Å². The Kier molecular flexibility index (Phi) is 4.60. The summed E-state index contributed by atoms with van der Waals surface area (Å²) in [4.78, 5) is 10.4. The molecule has 1 amide bonds. The molecule has 0 spiro atoms. The summed E-state index contributed by atoms with van der Waals surface area (Å²) in [6.07, 6.45) is -0.297. The number of methoxy groups -OCH3 is 1. The quantitative estimate of drug-likeness (QED) is 0.878. The second-order valence-electron chi connectivity index (χ2n) is 4.41. The van der Waals surface area contributed by atoms with E-state index >= 15 is 0 Å².